The normalized spacial score (nSPS) is 31.3. The van der Waals surface area contributed by atoms with Gasteiger partial charge in [-0.25, -0.2) is 4.79 Å². The second-order valence-electron chi connectivity index (χ2n) is 9.31. The van der Waals surface area contributed by atoms with Crippen LogP contribution in [0.15, 0.2) is 18.2 Å². The van der Waals surface area contributed by atoms with E-state index in [-0.39, 0.29) is 18.1 Å². The predicted molar refractivity (Wildman–Crippen MR) is 106 cm³/mol. The van der Waals surface area contributed by atoms with Crippen LogP contribution >= 0.6 is 0 Å². The maximum Gasteiger partial charge on any atom is 0.344 e. The number of hydrogen-bond donors (Lipinski definition) is 1. The molecule has 152 valence electrons. The van der Waals surface area contributed by atoms with Gasteiger partial charge < -0.3 is 14.8 Å². The minimum atomic E-state index is -0.803. The Hall–Kier alpha value is -2.04. The van der Waals surface area contributed by atoms with Crippen molar-refractivity contribution in [1.29, 1.82) is 0 Å². The van der Waals surface area contributed by atoms with E-state index in [1.54, 1.807) is 6.92 Å². The van der Waals surface area contributed by atoms with Gasteiger partial charge in [-0.3, -0.25) is 4.79 Å². The van der Waals surface area contributed by atoms with Crippen molar-refractivity contribution in [2.45, 2.75) is 70.9 Å². The van der Waals surface area contributed by atoms with Crippen LogP contribution in [0, 0.1) is 31.6 Å². The van der Waals surface area contributed by atoms with Crippen LogP contribution in [0.2, 0.25) is 0 Å². The van der Waals surface area contributed by atoms with E-state index in [0.717, 1.165) is 48.1 Å². The molecule has 5 heteroatoms. The number of carbonyl (C=O) groups excluding carboxylic acids is 2. The lowest BCUT2D eigenvalue weighted by atomic mass is 9.53. The third-order valence-corrected chi connectivity index (χ3v) is 7.00. The van der Waals surface area contributed by atoms with Gasteiger partial charge in [0.15, 0.2) is 12.7 Å². The smallest absolute Gasteiger partial charge is 0.344 e. The van der Waals surface area contributed by atoms with Crippen molar-refractivity contribution in [1.82, 2.24) is 5.32 Å². The zero-order valence-corrected chi connectivity index (χ0v) is 17.1. The number of nitrogens with one attached hydrogen (secondary N) is 1. The Morgan fingerprint density at radius 3 is 2.32 bits per heavy atom. The topological polar surface area (TPSA) is 64.6 Å². The number of benzene rings is 1. The molecule has 28 heavy (non-hydrogen) atoms. The highest BCUT2D eigenvalue weighted by atomic mass is 16.6. The molecule has 4 bridgehead atoms. The lowest BCUT2D eigenvalue weighted by molar-refractivity contribution is -0.158. The molecule has 1 amide bonds. The maximum atomic E-state index is 12.7. The summed E-state index contributed by atoms with van der Waals surface area (Å²) >= 11 is 0. The van der Waals surface area contributed by atoms with E-state index in [0.29, 0.717) is 5.75 Å². The van der Waals surface area contributed by atoms with Crippen LogP contribution in [0.4, 0.5) is 0 Å². The van der Waals surface area contributed by atoms with Crippen molar-refractivity contribution in [3.8, 4) is 5.75 Å². The standard InChI is InChI=1S/C23H31NO4/c1-14-5-4-6-20(15(14)2)27-13-21(25)28-16(3)22(26)24-23-10-17-7-18(11-23)9-19(8-17)12-23/h4-6,16-19H,7-13H2,1-3H3,(H,24,26)/t16-,17?,18?,19?,23?/m1/s1. The molecule has 0 saturated heterocycles. The van der Waals surface area contributed by atoms with Gasteiger partial charge in [0, 0.05) is 5.54 Å². The van der Waals surface area contributed by atoms with Crippen LogP contribution in [0.3, 0.4) is 0 Å². The molecule has 1 aromatic rings. The number of amides is 1. The van der Waals surface area contributed by atoms with Crippen molar-refractivity contribution in [3.05, 3.63) is 29.3 Å². The van der Waals surface area contributed by atoms with Crippen LogP contribution in [-0.2, 0) is 14.3 Å². The number of aryl methyl sites for hydroxylation is 1. The van der Waals surface area contributed by atoms with Gasteiger partial charge in [0.05, 0.1) is 0 Å². The summed E-state index contributed by atoms with van der Waals surface area (Å²) in [6.07, 6.45) is 6.44. The van der Waals surface area contributed by atoms with E-state index in [9.17, 15) is 9.59 Å². The molecular formula is C23H31NO4. The monoisotopic (exact) mass is 385 g/mol. The van der Waals surface area contributed by atoms with Crippen molar-refractivity contribution < 1.29 is 19.1 Å². The van der Waals surface area contributed by atoms with Gasteiger partial charge in [0.25, 0.3) is 5.91 Å². The molecule has 5 rings (SSSR count). The minimum absolute atomic E-state index is 0.0678. The quantitative estimate of drug-likeness (QED) is 0.759. The largest absolute Gasteiger partial charge is 0.482 e. The molecule has 0 radical (unpaired) electrons. The Morgan fingerprint density at radius 1 is 1.11 bits per heavy atom. The highest BCUT2D eigenvalue weighted by Crippen LogP contribution is 2.55. The first kappa shape index (κ1) is 19.3. The Labute approximate surface area is 167 Å². The number of esters is 1. The Balaban J connectivity index is 1.28. The van der Waals surface area contributed by atoms with Crippen molar-refractivity contribution in [3.63, 3.8) is 0 Å². The minimum Gasteiger partial charge on any atom is -0.482 e. The van der Waals surface area contributed by atoms with Crippen molar-refractivity contribution in [2.24, 2.45) is 17.8 Å². The molecule has 0 unspecified atom stereocenters. The third-order valence-electron chi connectivity index (χ3n) is 7.00. The number of carbonyl (C=O) groups is 2. The highest BCUT2D eigenvalue weighted by Gasteiger charge is 2.51. The lowest BCUT2D eigenvalue weighted by Crippen LogP contribution is -2.61. The Morgan fingerprint density at radius 2 is 1.71 bits per heavy atom. The van der Waals surface area contributed by atoms with Crippen LogP contribution in [0.25, 0.3) is 0 Å². The fraction of sp³-hybridized carbons (Fsp3) is 0.652. The summed E-state index contributed by atoms with van der Waals surface area (Å²) in [5.74, 6) is 2.25. The summed E-state index contributed by atoms with van der Waals surface area (Å²) in [5.41, 5.74) is 2.04. The van der Waals surface area contributed by atoms with Gasteiger partial charge in [0.2, 0.25) is 0 Å². The molecule has 4 fully saturated rings. The summed E-state index contributed by atoms with van der Waals surface area (Å²) in [6.45, 7) is 5.40. The first-order valence-corrected chi connectivity index (χ1v) is 10.5. The molecule has 0 heterocycles. The summed E-state index contributed by atoms with van der Waals surface area (Å²) in [4.78, 5) is 24.9. The fourth-order valence-electron chi connectivity index (χ4n) is 5.93. The molecule has 4 aliphatic rings. The van der Waals surface area contributed by atoms with Gasteiger partial charge in [-0.1, -0.05) is 12.1 Å². The van der Waals surface area contributed by atoms with E-state index in [2.05, 4.69) is 5.32 Å². The van der Waals surface area contributed by atoms with Crippen LogP contribution in [-0.4, -0.2) is 30.1 Å². The number of hydrogen-bond acceptors (Lipinski definition) is 4. The maximum absolute atomic E-state index is 12.7. The van der Waals surface area contributed by atoms with Crippen molar-refractivity contribution in [2.75, 3.05) is 6.61 Å². The average molecular weight is 386 g/mol. The number of rotatable bonds is 6. The molecule has 1 aromatic carbocycles. The molecule has 0 spiro atoms. The fourth-order valence-corrected chi connectivity index (χ4v) is 5.93. The molecule has 1 atom stereocenters. The molecule has 4 aliphatic carbocycles. The highest BCUT2D eigenvalue weighted by molar-refractivity contribution is 5.84. The van der Waals surface area contributed by atoms with Crippen LogP contribution < -0.4 is 10.1 Å². The zero-order valence-electron chi connectivity index (χ0n) is 17.1. The van der Waals surface area contributed by atoms with E-state index in [1.165, 1.54) is 19.3 Å². The van der Waals surface area contributed by atoms with Crippen LogP contribution in [0.1, 0.15) is 56.6 Å². The van der Waals surface area contributed by atoms with Crippen molar-refractivity contribution >= 4 is 11.9 Å². The predicted octanol–water partition coefficient (Wildman–Crippen LogP) is 3.70. The molecular weight excluding hydrogens is 354 g/mol. The Kier molecular flexibility index (Phi) is 5.11. The van der Waals surface area contributed by atoms with Gasteiger partial charge >= 0.3 is 5.97 Å². The summed E-state index contributed by atoms with van der Waals surface area (Å²) in [5, 5.41) is 3.26. The van der Waals surface area contributed by atoms with Gasteiger partial charge in [0.1, 0.15) is 5.75 Å². The second-order valence-corrected chi connectivity index (χ2v) is 9.31. The second kappa shape index (κ2) is 7.41. The summed E-state index contributed by atoms with van der Waals surface area (Å²) in [6, 6.07) is 5.72. The van der Waals surface area contributed by atoms with E-state index in [4.69, 9.17) is 9.47 Å². The zero-order chi connectivity index (χ0) is 19.9. The molecule has 0 aliphatic heterocycles. The lowest BCUT2D eigenvalue weighted by Gasteiger charge is -2.57. The molecule has 4 saturated carbocycles. The molecule has 1 N–H and O–H groups in total. The first-order chi connectivity index (χ1) is 13.3. The molecule has 5 nitrogen and oxygen atoms in total. The van der Waals surface area contributed by atoms with E-state index < -0.39 is 12.1 Å². The number of ether oxygens (including phenoxy) is 2. The first-order valence-electron chi connectivity index (χ1n) is 10.5. The van der Waals surface area contributed by atoms with Gasteiger partial charge in [-0.05, 0) is 94.2 Å². The third kappa shape index (κ3) is 3.89. The SMILES string of the molecule is Cc1cccc(OCC(=O)O[C@H](C)C(=O)NC23CC4CC(CC(C4)C2)C3)c1C. The Bertz CT molecular complexity index is 737. The van der Waals surface area contributed by atoms with Crippen LogP contribution in [0.5, 0.6) is 5.75 Å². The van der Waals surface area contributed by atoms with E-state index in [1.807, 2.05) is 32.0 Å². The van der Waals surface area contributed by atoms with Gasteiger partial charge in [-0.15, -0.1) is 0 Å². The van der Waals surface area contributed by atoms with Gasteiger partial charge in [-0.2, -0.15) is 0 Å². The van der Waals surface area contributed by atoms with E-state index >= 15 is 0 Å². The summed E-state index contributed by atoms with van der Waals surface area (Å²) < 4.78 is 10.9. The molecule has 0 aromatic heterocycles. The average Bonchev–Trinajstić information content (AvgIpc) is 2.61. The summed E-state index contributed by atoms with van der Waals surface area (Å²) in [7, 11) is 0.